The fraction of sp³-hybridized carbons (Fsp3) is 0.929. The number of rotatable bonds is 5. The molecule has 1 amide bonds. The van der Waals surface area contributed by atoms with Crippen LogP contribution in [0.2, 0.25) is 0 Å². The molecular weight excluding hydrogens is 212 g/mol. The van der Waals surface area contributed by atoms with Crippen molar-refractivity contribution in [3.63, 3.8) is 0 Å². The minimum Gasteiger partial charge on any atom is -0.356 e. The molecule has 3 aliphatic rings. The van der Waals surface area contributed by atoms with Gasteiger partial charge in [0.1, 0.15) is 0 Å². The van der Waals surface area contributed by atoms with Gasteiger partial charge in [-0.2, -0.15) is 0 Å². The highest BCUT2D eigenvalue weighted by molar-refractivity contribution is 5.79. The van der Waals surface area contributed by atoms with Gasteiger partial charge in [0.05, 0.1) is 5.92 Å². The monoisotopic (exact) mass is 236 g/mol. The molecule has 17 heavy (non-hydrogen) atoms. The second-order valence-corrected chi connectivity index (χ2v) is 6.33. The maximum atomic E-state index is 12.1. The minimum absolute atomic E-state index is 0.203. The zero-order valence-corrected chi connectivity index (χ0v) is 10.7. The lowest BCUT2D eigenvalue weighted by molar-refractivity contribution is -0.125. The highest BCUT2D eigenvalue weighted by Crippen LogP contribution is 2.48. The first kappa shape index (κ1) is 11.5. The zero-order valence-electron chi connectivity index (χ0n) is 10.7. The van der Waals surface area contributed by atoms with E-state index in [9.17, 15) is 4.79 Å². The Morgan fingerprint density at radius 3 is 2.35 bits per heavy atom. The van der Waals surface area contributed by atoms with Crippen molar-refractivity contribution in [3.8, 4) is 0 Å². The number of nitrogens with one attached hydrogen (secondary N) is 2. The second-order valence-electron chi connectivity index (χ2n) is 6.33. The quantitative estimate of drug-likeness (QED) is 0.757. The molecule has 96 valence electrons. The lowest BCUT2D eigenvalue weighted by atomic mass is 9.95. The number of carbonyl (C=O) groups excluding carboxylic acids is 1. The molecule has 0 spiro atoms. The molecule has 2 atom stereocenters. The molecule has 2 N–H and O–H groups in total. The molecule has 2 saturated carbocycles. The molecule has 3 fully saturated rings. The molecule has 0 aromatic rings. The Balaban J connectivity index is 1.47. The van der Waals surface area contributed by atoms with Crippen LogP contribution in [-0.4, -0.2) is 25.5 Å². The standard InChI is InChI=1S/C14H24N2O/c1-9-6-15-7-12(9)14(17)16-8-13(10-2-3-10)11-4-5-11/h9-13,15H,2-8H2,1H3,(H,16,17)/t9-,12-/m1/s1. The molecule has 1 aliphatic heterocycles. The summed E-state index contributed by atoms with van der Waals surface area (Å²) in [6.07, 6.45) is 5.60. The van der Waals surface area contributed by atoms with Crippen LogP contribution in [0.25, 0.3) is 0 Å². The Labute approximate surface area is 104 Å². The van der Waals surface area contributed by atoms with Crippen LogP contribution in [0.5, 0.6) is 0 Å². The van der Waals surface area contributed by atoms with Crippen molar-refractivity contribution < 1.29 is 4.79 Å². The smallest absolute Gasteiger partial charge is 0.224 e. The molecule has 2 aliphatic carbocycles. The molecule has 3 heteroatoms. The second kappa shape index (κ2) is 4.60. The Bertz CT molecular complexity index is 285. The molecule has 0 bridgehead atoms. The van der Waals surface area contributed by atoms with Gasteiger partial charge in [-0.15, -0.1) is 0 Å². The summed E-state index contributed by atoms with van der Waals surface area (Å²) in [5.41, 5.74) is 0. The third-order valence-corrected chi connectivity index (χ3v) is 4.82. The third kappa shape index (κ3) is 2.65. The fourth-order valence-corrected chi connectivity index (χ4v) is 3.28. The van der Waals surface area contributed by atoms with Crippen LogP contribution in [-0.2, 0) is 4.79 Å². The van der Waals surface area contributed by atoms with Gasteiger partial charge in [-0.3, -0.25) is 4.79 Å². The summed E-state index contributed by atoms with van der Waals surface area (Å²) in [5, 5.41) is 6.52. The van der Waals surface area contributed by atoms with Crippen LogP contribution in [0.3, 0.4) is 0 Å². The van der Waals surface area contributed by atoms with Crippen molar-refractivity contribution in [1.82, 2.24) is 10.6 Å². The molecule has 1 saturated heterocycles. The average Bonchev–Trinajstić information content (AvgIpc) is 3.20. The van der Waals surface area contributed by atoms with Crippen molar-refractivity contribution in [2.75, 3.05) is 19.6 Å². The van der Waals surface area contributed by atoms with Crippen molar-refractivity contribution in [2.24, 2.45) is 29.6 Å². The van der Waals surface area contributed by atoms with E-state index in [-0.39, 0.29) is 11.8 Å². The zero-order chi connectivity index (χ0) is 11.8. The van der Waals surface area contributed by atoms with Crippen LogP contribution >= 0.6 is 0 Å². The lowest BCUT2D eigenvalue weighted by Crippen LogP contribution is -2.38. The van der Waals surface area contributed by atoms with E-state index in [0.717, 1.165) is 37.4 Å². The highest BCUT2D eigenvalue weighted by atomic mass is 16.1. The minimum atomic E-state index is 0.203. The first-order chi connectivity index (χ1) is 8.25. The molecular formula is C14H24N2O. The van der Waals surface area contributed by atoms with Crippen LogP contribution in [0, 0.1) is 29.6 Å². The van der Waals surface area contributed by atoms with Gasteiger partial charge in [0, 0.05) is 13.1 Å². The number of carbonyl (C=O) groups is 1. The summed E-state index contributed by atoms with van der Waals surface area (Å²) < 4.78 is 0. The molecule has 1 heterocycles. The van der Waals surface area contributed by atoms with E-state index in [0.29, 0.717) is 5.92 Å². The van der Waals surface area contributed by atoms with Crippen LogP contribution in [0.15, 0.2) is 0 Å². The van der Waals surface area contributed by atoms with E-state index in [1.54, 1.807) is 0 Å². The predicted octanol–water partition coefficient (Wildman–Crippen LogP) is 1.39. The molecule has 0 unspecified atom stereocenters. The Morgan fingerprint density at radius 1 is 1.24 bits per heavy atom. The number of hydrogen-bond acceptors (Lipinski definition) is 2. The Hall–Kier alpha value is -0.570. The maximum absolute atomic E-state index is 12.1. The van der Waals surface area contributed by atoms with Gasteiger partial charge in [0.2, 0.25) is 5.91 Å². The molecule has 0 aromatic carbocycles. The summed E-state index contributed by atoms with van der Waals surface area (Å²) in [5.74, 6) is 3.64. The van der Waals surface area contributed by atoms with Crippen molar-refractivity contribution in [2.45, 2.75) is 32.6 Å². The largest absolute Gasteiger partial charge is 0.356 e. The van der Waals surface area contributed by atoms with Crippen molar-refractivity contribution >= 4 is 5.91 Å². The average molecular weight is 236 g/mol. The van der Waals surface area contributed by atoms with E-state index in [1.807, 2.05) is 0 Å². The van der Waals surface area contributed by atoms with Crippen LogP contribution in [0.4, 0.5) is 0 Å². The summed E-state index contributed by atoms with van der Waals surface area (Å²) in [4.78, 5) is 12.1. The topological polar surface area (TPSA) is 41.1 Å². The van der Waals surface area contributed by atoms with Crippen molar-refractivity contribution in [3.05, 3.63) is 0 Å². The Morgan fingerprint density at radius 2 is 1.88 bits per heavy atom. The summed E-state index contributed by atoms with van der Waals surface area (Å²) in [6.45, 7) is 4.97. The van der Waals surface area contributed by atoms with E-state index >= 15 is 0 Å². The SMILES string of the molecule is C[C@@H]1CNC[C@H]1C(=O)NCC(C1CC1)C1CC1. The van der Waals surface area contributed by atoms with Gasteiger partial charge >= 0.3 is 0 Å². The summed E-state index contributed by atoms with van der Waals surface area (Å²) in [6, 6.07) is 0. The molecule has 3 nitrogen and oxygen atoms in total. The number of amides is 1. The fourth-order valence-electron chi connectivity index (χ4n) is 3.28. The third-order valence-electron chi connectivity index (χ3n) is 4.82. The first-order valence-corrected chi connectivity index (χ1v) is 7.24. The summed E-state index contributed by atoms with van der Waals surface area (Å²) in [7, 11) is 0. The van der Waals surface area contributed by atoms with Crippen LogP contribution < -0.4 is 10.6 Å². The van der Waals surface area contributed by atoms with Gasteiger partial charge in [-0.25, -0.2) is 0 Å². The van der Waals surface area contributed by atoms with Gasteiger partial charge in [-0.1, -0.05) is 6.92 Å². The normalized spacial score (nSPS) is 33.1. The summed E-state index contributed by atoms with van der Waals surface area (Å²) >= 11 is 0. The van der Waals surface area contributed by atoms with Gasteiger partial charge in [-0.05, 0) is 55.9 Å². The highest BCUT2D eigenvalue weighted by Gasteiger charge is 2.41. The van der Waals surface area contributed by atoms with Gasteiger partial charge < -0.3 is 10.6 Å². The van der Waals surface area contributed by atoms with E-state index in [2.05, 4.69) is 17.6 Å². The van der Waals surface area contributed by atoms with Crippen LogP contribution in [0.1, 0.15) is 32.6 Å². The number of hydrogen-bond donors (Lipinski definition) is 2. The van der Waals surface area contributed by atoms with E-state index in [1.165, 1.54) is 25.7 Å². The first-order valence-electron chi connectivity index (χ1n) is 7.24. The Kier molecular flexibility index (Phi) is 3.12. The van der Waals surface area contributed by atoms with E-state index < -0.39 is 0 Å². The van der Waals surface area contributed by atoms with Gasteiger partial charge in [0.15, 0.2) is 0 Å². The maximum Gasteiger partial charge on any atom is 0.224 e. The molecule has 3 rings (SSSR count). The van der Waals surface area contributed by atoms with Crippen molar-refractivity contribution in [1.29, 1.82) is 0 Å². The molecule has 0 radical (unpaired) electrons. The molecule has 0 aromatic heterocycles. The van der Waals surface area contributed by atoms with E-state index in [4.69, 9.17) is 0 Å². The lowest BCUT2D eigenvalue weighted by Gasteiger charge is -2.19. The predicted molar refractivity (Wildman–Crippen MR) is 67.5 cm³/mol. The van der Waals surface area contributed by atoms with Gasteiger partial charge in [0.25, 0.3) is 0 Å².